The first-order valence-electron chi connectivity index (χ1n) is 12.8. The van der Waals surface area contributed by atoms with Crippen molar-refractivity contribution in [3.05, 3.63) is 68.6 Å². The first-order valence-corrected chi connectivity index (χ1v) is 13.7. The van der Waals surface area contributed by atoms with E-state index in [0.29, 0.717) is 27.6 Å². The Morgan fingerprint density at radius 3 is 2.40 bits per heavy atom. The molecular weight excluding hydrogens is 538 g/mol. The van der Waals surface area contributed by atoms with E-state index in [-0.39, 0.29) is 18.0 Å². The molecule has 40 heavy (non-hydrogen) atoms. The monoisotopic (exact) mass is 571 g/mol. The zero-order valence-corrected chi connectivity index (χ0v) is 23.7. The fourth-order valence-electron chi connectivity index (χ4n) is 4.46. The van der Waals surface area contributed by atoms with Crippen LogP contribution in [0.1, 0.15) is 37.8 Å². The number of para-hydroxylation sites is 1. The third kappa shape index (κ3) is 5.71. The highest BCUT2D eigenvalue weighted by Gasteiger charge is 2.35. The van der Waals surface area contributed by atoms with Gasteiger partial charge in [-0.25, -0.2) is 14.2 Å². The first-order chi connectivity index (χ1) is 19.1. The average Bonchev–Trinajstić information content (AvgIpc) is 3.57. The van der Waals surface area contributed by atoms with Crippen LogP contribution in [-0.4, -0.2) is 66.7 Å². The highest BCUT2D eigenvalue weighted by molar-refractivity contribution is 7.21. The van der Waals surface area contributed by atoms with Crippen molar-refractivity contribution in [1.82, 2.24) is 24.1 Å². The van der Waals surface area contributed by atoms with Gasteiger partial charge in [-0.2, -0.15) is 10.2 Å². The second-order valence-corrected chi connectivity index (χ2v) is 10.9. The van der Waals surface area contributed by atoms with Gasteiger partial charge in [0.2, 0.25) is 0 Å². The molecule has 0 aliphatic carbocycles. The average molecular weight is 572 g/mol. The number of hydrogen-bond acceptors (Lipinski definition) is 9. The number of aliphatic carboxylic acids is 1. The van der Waals surface area contributed by atoms with Crippen molar-refractivity contribution in [1.29, 1.82) is 0 Å². The molecule has 1 saturated heterocycles. The van der Waals surface area contributed by atoms with Gasteiger partial charge in [0.1, 0.15) is 21.1 Å². The van der Waals surface area contributed by atoms with Crippen LogP contribution >= 0.6 is 11.3 Å². The van der Waals surface area contributed by atoms with E-state index in [9.17, 15) is 19.5 Å². The summed E-state index contributed by atoms with van der Waals surface area (Å²) in [6, 6.07) is 7.46. The summed E-state index contributed by atoms with van der Waals surface area (Å²) in [5.41, 5.74) is -1.61. The number of ether oxygens (including phenoxy) is 2. The minimum absolute atomic E-state index is 0.0891. The summed E-state index contributed by atoms with van der Waals surface area (Å²) < 4.78 is 12.7. The minimum Gasteiger partial charge on any atom is -0.496 e. The lowest BCUT2D eigenvalue weighted by molar-refractivity contribution is -0.146. The summed E-state index contributed by atoms with van der Waals surface area (Å²) >= 11 is 1.22. The lowest BCUT2D eigenvalue weighted by Gasteiger charge is -2.23. The van der Waals surface area contributed by atoms with Crippen LogP contribution in [0.15, 0.2) is 46.2 Å². The summed E-state index contributed by atoms with van der Waals surface area (Å²) in [5, 5.41) is 27.8. The van der Waals surface area contributed by atoms with Crippen molar-refractivity contribution in [3.63, 3.8) is 0 Å². The molecule has 0 saturated carbocycles. The number of nitrogens with zero attached hydrogens (tertiary/aromatic N) is 5. The van der Waals surface area contributed by atoms with E-state index in [1.54, 1.807) is 14.0 Å². The number of benzene rings is 1. The lowest BCUT2D eigenvalue weighted by Crippen LogP contribution is -2.52. The molecule has 0 bridgehead atoms. The Morgan fingerprint density at radius 2 is 1.82 bits per heavy atom. The van der Waals surface area contributed by atoms with Crippen molar-refractivity contribution in [2.75, 3.05) is 20.3 Å². The molecule has 2 N–H and O–H groups in total. The Labute approximate surface area is 234 Å². The molecule has 0 atom stereocenters. The molecule has 214 valence electrons. The molecule has 1 aromatic carbocycles. The predicted molar refractivity (Wildman–Crippen MR) is 150 cm³/mol. The molecule has 0 radical (unpaired) electrons. The Balaban J connectivity index is 0.000000461. The fraction of sp³-hybridized carbons (Fsp3) is 0.444. The highest BCUT2D eigenvalue weighted by Crippen LogP contribution is 2.31. The fourth-order valence-corrected chi connectivity index (χ4v) is 5.70. The summed E-state index contributed by atoms with van der Waals surface area (Å²) in [6.45, 7) is 6.12. The van der Waals surface area contributed by atoms with Crippen LogP contribution in [0.5, 0.6) is 5.75 Å². The molecule has 5 rings (SSSR count). The molecule has 0 spiro atoms. The van der Waals surface area contributed by atoms with Gasteiger partial charge in [0.05, 0.1) is 31.0 Å². The number of carbonyl (C=O) groups is 1. The molecular formula is C27H33N5O7S. The maximum absolute atomic E-state index is 13.5. The number of hydrogen-bond donors (Lipinski definition) is 2. The number of fused-ring (bicyclic) bond motifs is 1. The maximum atomic E-state index is 13.5. The van der Waals surface area contributed by atoms with Gasteiger partial charge in [0.15, 0.2) is 0 Å². The highest BCUT2D eigenvalue weighted by atomic mass is 32.1. The lowest BCUT2D eigenvalue weighted by atomic mass is 10.1. The number of carboxylic acid groups (broad SMARTS) is 1. The van der Waals surface area contributed by atoms with E-state index in [1.165, 1.54) is 46.9 Å². The predicted octanol–water partition coefficient (Wildman–Crippen LogP) is 2.34. The minimum atomic E-state index is -1.74. The second kappa shape index (κ2) is 12.1. The molecule has 1 aliphatic heterocycles. The van der Waals surface area contributed by atoms with Gasteiger partial charge in [0.25, 0.3) is 5.56 Å². The van der Waals surface area contributed by atoms with Crippen molar-refractivity contribution < 1.29 is 24.5 Å². The topological polar surface area (TPSA) is 151 Å². The van der Waals surface area contributed by atoms with Gasteiger partial charge in [-0.15, -0.1) is 4.80 Å². The number of aliphatic hydroxyl groups excluding tert-OH is 1. The Morgan fingerprint density at radius 1 is 1.18 bits per heavy atom. The molecule has 0 amide bonds. The summed E-state index contributed by atoms with van der Waals surface area (Å²) in [4.78, 5) is 40.8. The van der Waals surface area contributed by atoms with Crippen LogP contribution in [0, 0.1) is 6.92 Å². The zero-order chi connectivity index (χ0) is 29.0. The maximum Gasteiger partial charge on any atom is 0.333 e. The number of carboxylic acids is 1. The van der Waals surface area contributed by atoms with Crippen molar-refractivity contribution in [3.8, 4) is 10.8 Å². The number of rotatable bonds is 7. The van der Waals surface area contributed by atoms with Crippen molar-refractivity contribution in [2.24, 2.45) is 0 Å². The number of thiophene rings is 1. The Bertz CT molecular complexity index is 1600. The first kappa shape index (κ1) is 29.2. The smallest absolute Gasteiger partial charge is 0.333 e. The molecule has 1 aliphatic rings. The normalized spacial score (nSPS) is 14.1. The molecule has 0 unspecified atom stereocenters. The van der Waals surface area contributed by atoms with Gasteiger partial charge < -0.3 is 19.7 Å². The van der Waals surface area contributed by atoms with E-state index in [1.807, 2.05) is 24.3 Å². The molecule has 4 aromatic rings. The van der Waals surface area contributed by atoms with Crippen LogP contribution in [0.2, 0.25) is 0 Å². The number of aliphatic hydroxyl groups is 1. The van der Waals surface area contributed by atoms with E-state index in [2.05, 4.69) is 10.2 Å². The van der Waals surface area contributed by atoms with Gasteiger partial charge in [-0.05, 0) is 51.7 Å². The molecule has 4 heterocycles. The number of aryl methyl sites for hydroxylation is 3. The number of aromatic nitrogens is 5. The number of methoxy groups -OCH3 is 1. The molecule has 12 nitrogen and oxygen atoms in total. The summed E-state index contributed by atoms with van der Waals surface area (Å²) in [7, 11) is 1.57. The van der Waals surface area contributed by atoms with E-state index >= 15 is 0 Å². The largest absolute Gasteiger partial charge is 0.496 e. The quantitative estimate of drug-likeness (QED) is 0.341. The van der Waals surface area contributed by atoms with E-state index in [4.69, 9.17) is 14.6 Å². The van der Waals surface area contributed by atoms with E-state index < -0.39 is 22.8 Å². The van der Waals surface area contributed by atoms with Crippen LogP contribution < -0.4 is 16.0 Å². The standard InChI is InChI=1S/C22H23N5O5S.C5H10O2/c1-13-16-17(28)26(22(2,3)20(29)30)21(31)25(12-9-14-7-5-6-8-15(14)32-4)19(16)33-18(13)27-23-10-11-24-27;6-5-1-3-7-4-2-5/h5-8,10-11H,9,12H2,1-4H3,(H,29,30);5-6H,1-4H2. The van der Waals surface area contributed by atoms with Crippen LogP contribution in [0.4, 0.5) is 0 Å². The Hall–Kier alpha value is -3.81. The molecule has 3 aromatic heterocycles. The van der Waals surface area contributed by atoms with Gasteiger partial charge in [0, 0.05) is 25.3 Å². The third-order valence-corrected chi connectivity index (χ3v) is 8.14. The van der Waals surface area contributed by atoms with Crippen molar-refractivity contribution >= 4 is 27.5 Å². The molecule has 1 fully saturated rings. The summed E-state index contributed by atoms with van der Waals surface area (Å²) in [5.74, 6) is -0.594. The van der Waals surface area contributed by atoms with Crippen LogP contribution in [-0.2, 0) is 28.0 Å². The zero-order valence-electron chi connectivity index (χ0n) is 22.9. The van der Waals surface area contributed by atoms with Crippen LogP contribution in [0.25, 0.3) is 15.2 Å². The van der Waals surface area contributed by atoms with E-state index in [0.717, 1.165) is 36.2 Å². The Kier molecular flexibility index (Phi) is 8.86. The third-order valence-electron chi connectivity index (χ3n) is 6.86. The van der Waals surface area contributed by atoms with Gasteiger partial charge in [-0.3, -0.25) is 9.36 Å². The molecule has 13 heteroatoms. The van der Waals surface area contributed by atoms with Crippen molar-refractivity contribution in [2.45, 2.75) is 58.2 Å². The van der Waals surface area contributed by atoms with Crippen LogP contribution in [0.3, 0.4) is 0 Å². The second-order valence-electron chi connectivity index (χ2n) is 9.88. The SMILES string of the molecule is COc1ccccc1CCn1c(=O)n(C(C)(C)C(=O)O)c(=O)c2c(C)c(-n3nccn3)sc21.OC1CCOCC1. The van der Waals surface area contributed by atoms with Gasteiger partial charge in [-0.1, -0.05) is 29.5 Å². The van der Waals surface area contributed by atoms with Gasteiger partial charge >= 0.3 is 11.7 Å². The summed E-state index contributed by atoms with van der Waals surface area (Å²) in [6.07, 6.45) is 5.03.